The maximum atomic E-state index is 12.5. The molecule has 136 valence electrons. The molecule has 26 heavy (non-hydrogen) atoms. The van der Waals surface area contributed by atoms with Gasteiger partial charge in [0.05, 0.1) is 28.4 Å². The molecule has 0 radical (unpaired) electrons. The Morgan fingerprint density at radius 3 is 2.50 bits per heavy atom. The Kier molecular flexibility index (Phi) is 5.32. The number of nitrogens with zero attached hydrogens (tertiary/aromatic N) is 2. The van der Waals surface area contributed by atoms with Crippen molar-refractivity contribution in [2.24, 2.45) is 0 Å². The van der Waals surface area contributed by atoms with E-state index in [-0.39, 0.29) is 11.9 Å². The molecule has 0 aliphatic heterocycles. The number of carbonyl (C=O) groups is 1. The zero-order chi connectivity index (χ0) is 18.8. The predicted molar refractivity (Wildman–Crippen MR) is 104 cm³/mol. The van der Waals surface area contributed by atoms with Gasteiger partial charge in [0.1, 0.15) is 5.76 Å². The van der Waals surface area contributed by atoms with Gasteiger partial charge in [0.15, 0.2) is 5.76 Å². The summed E-state index contributed by atoms with van der Waals surface area (Å²) >= 11 is 3.52. The first-order valence-electron chi connectivity index (χ1n) is 8.51. The van der Waals surface area contributed by atoms with Crippen LogP contribution in [0.3, 0.4) is 0 Å². The Hall–Kier alpha value is -2.34. The molecule has 0 spiro atoms. The van der Waals surface area contributed by atoms with Crippen LogP contribution < -0.4 is 5.32 Å². The Labute approximate surface area is 161 Å². The summed E-state index contributed by atoms with van der Waals surface area (Å²) < 4.78 is 8.57. The van der Waals surface area contributed by atoms with Crippen LogP contribution in [0.5, 0.6) is 0 Å². The lowest BCUT2D eigenvalue weighted by molar-refractivity contribution is 0.0909. The van der Waals surface area contributed by atoms with E-state index in [9.17, 15) is 4.79 Å². The van der Waals surface area contributed by atoms with Crippen molar-refractivity contribution in [3.63, 3.8) is 0 Å². The quantitative estimate of drug-likeness (QED) is 0.656. The molecule has 0 aliphatic rings. The highest BCUT2D eigenvalue weighted by molar-refractivity contribution is 9.10. The van der Waals surface area contributed by atoms with Gasteiger partial charge in [-0.25, -0.2) is 0 Å². The number of nitrogens with one attached hydrogen (secondary N) is 1. The lowest BCUT2D eigenvalue weighted by Gasteiger charge is -2.13. The van der Waals surface area contributed by atoms with Crippen LogP contribution in [0.1, 0.15) is 51.8 Å². The van der Waals surface area contributed by atoms with Gasteiger partial charge in [0, 0.05) is 0 Å². The normalized spacial score (nSPS) is 12.2. The van der Waals surface area contributed by atoms with Crippen molar-refractivity contribution in [2.45, 2.75) is 40.3 Å². The number of rotatable bonds is 5. The average Bonchev–Trinajstić information content (AvgIpc) is 3.17. The molecule has 0 fully saturated rings. The fourth-order valence-electron chi connectivity index (χ4n) is 2.77. The maximum Gasteiger partial charge on any atom is 0.287 e. The van der Waals surface area contributed by atoms with E-state index >= 15 is 0 Å². The summed E-state index contributed by atoms with van der Waals surface area (Å²) in [4.78, 5) is 12.5. The van der Waals surface area contributed by atoms with Gasteiger partial charge in [0.2, 0.25) is 0 Å². The van der Waals surface area contributed by atoms with Crippen LogP contribution in [0.2, 0.25) is 0 Å². The fourth-order valence-corrected chi connectivity index (χ4v) is 3.05. The van der Waals surface area contributed by atoms with Gasteiger partial charge < -0.3 is 9.73 Å². The third-order valence-electron chi connectivity index (χ3n) is 4.41. The van der Waals surface area contributed by atoms with Crippen LogP contribution in [0.15, 0.2) is 45.3 Å². The Morgan fingerprint density at radius 1 is 1.19 bits per heavy atom. The lowest BCUT2D eigenvalue weighted by atomic mass is 10.1. The van der Waals surface area contributed by atoms with E-state index < -0.39 is 0 Å². The number of benzene rings is 1. The molecule has 5 nitrogen and oxygen atoms in total. The van der Waals surface area contributed by atoms with Gasteiger partial charge >= 0.3 is 0 Å². The molecule has 0 bridgehead atoms. The van der Waals surface area contributed by atoms with Crippen LogP contribution >= 0.6 is 15.9 Å². The molecule has 0 saturated heterocycles. The van der Waals surface area contributed by atoms with E-state index in [1.807, 2.05) is 62.7 Å². The summed E-state index contributed by atoms with van der Waals surface area (Å²) in [7, 11) is 0. The molecule has 1 aromatic carbocycles. The minimum atomic E-state index is -0.223. The van der Waals surface area contributed by atoms with E-state index in [0.29, 0.717) is 18.1 Å². The van der Waals surface area contributed by atoms with Crippen LogP contribution in [0.25, 0.3) is 0 Å². The number of aryl methyl sites for hydroxylation is 2. The molecule has 1 atom stereocenters. The first-order valence-corrected chi connectivity index (χ1v) is 9.30. The smallest absolute Gasteiger partial charge is 0.287 e. The van der Waals surface area contributed by atoms with Crippen molar-refractivity contribution >= 4 is 21.8 Å². The van der Waals surface area contributed by atoms with Crippen LogP contribution in [0.4, 0.5) is 0 Å². The van der Waals surface area contributed by atoms with Crippen molar-refractivity contribution in [1.82, 2.24) is 15.1 Å². The highest BCUT2D eigenvalue weighted by Gasteiger charge is 2.16. The highest BCUT2D eigenvalue weighted by Crippen LogP contribution is 2.21. The van der Waals surface area contributed by atoms with Crippen molar-refractivity contribution in [1.29, 1.82) is 0 Å². The van der Waals surface area contributed by atoms with Gasteiger partial charge in [-0.05, 0) is 61.3 Å². The summed E-state index contributed by atoms with van der Waals surface area (Å²) in [6, 6.07) is 11.5. The van der Waals surface area contributed by atoms with Crippen molar-refractivity contribution in [2.75, 3.05) is 0 Å². The number of halogens is 1. The van der Waals surface area contributed by atoms with E-state index in [1.54, 1.807) is 6.07 Å². The Morgan fingerprint density at radius 2 is 1.88 bits per heavy atom. The third-order valence-corrected chi connectivity index (χ3v) is 5.56. The number of amides is 1. The minimum Gasteiger partial charge on any atom is -0.454 e. The molecule has 3 rings (SSSR count). The molecule has 3 aromatic rings. The molecule has 1 amide bonds. The van der Waals surface area contributed by atoms with Gasteiger partial charge in [-0.1, -0.05) is 29.8 Å². The fraction of sp³-hybridized carbons (Fsp3) is 0.300. The number of hydrogen-bond acceptors (Lipinski definition) is 3. The molecular formula is C20H22BrN3O2. The molecule has 6 heteroatoms. The second-order valence-electron chi connectivity index (χ2n) is 6.51. The van der Waals surface area contributed by atoms with Gasteiger partial charge in [-0.2, -0.15) is 5.10 Å². The highest BCUT2D eigenvalue weighted by atomic mass is 79.9. The van der Waals surface area contributed by atoms with E-state index in [1.165, 1.54) is 5.56 Å². The minimum absolute atomic E-state index is 0.0939. The Balaban J connectivity index is 1.67. The largest absolute Gasteiger partial charge is 0.454 e. The first-order chi connectivity index (χ1) is 12.3. The maximum absolute atomic E-state index is 12.5. The van der Waals surface area contributed by atoms with Crippen LogP contribution in [-0.4, -0.2) is 15.7 Å². The predicted octanol–water partition coefficient (Wildman–Crippen LogP) is 4.70. The number of furan rings is 1. The Bertz CT molecular complexity index is 925. The SMILES string of the molecule is Cc1ccc([C@@H](C)NC(=O)c2ccc(Cn3nc(C)c(Br)c3C)o2)cc1. The molecular weight excluding hydrogens is 394 g/mol. The molecule has 2 aromatic heterocycles. The third kappa shape index (κ3) is 3.90. The van der Waals surface area contributed by atoms with Gasteiger partial charge in [-0.3, -0.25) is 9.48 Å². The number of aromatic nitrogens is 2. The average molecular weight is 416 g/mol. The second kappa shape index (κ2) is 7.50. The van der Waals surface area contributed by atoms with Crippen molar-refractivity contribution in [3.05, 3.63) is 74.9 Å². The zero-order valence-corrected chi connectivity index (χ0v) is 16.9. The molecule has 0 unspecified atom stereocenters. The van der Waals surface area contributed by atoms with Crippen molar-refractivity contribution < 1.29 is 9.21 Å². The van der Waals surface area contributed by atoms with E-state index in [4.69, 9.17) is 4.42 Å². The molecule has 0 aliphatic carbocycles. The monoisotopic (exact) mass is 415 g/mol. The molecule has 2 heterocycles. The molecule has 0 saturated carbocycles. The zero-order valence-electron chi connectivity index (χ0n) is 15.3. The van der Waals surface area contributed by atoms with Crippen LogP contribution in [-0.2, 0) is 6.54 Å². The first kappa shape index (κ1) is 18.5. The number of hydrogen-bond donors (Lipinski definition) is 1. The topological polar surface area (TPSA) is 60.1 Å². The van der Waals surface area contributed by atoms with E-state index in [2.05, 4.69) is 26.3 Å². The summed E-state index contributed by atoms with van der Waals surface area (Å²) in [6.07, 6.45) is 0. The van der Waals surface area contributed by atoms with Crippen LogP contribution in [0, 0.1) is 20.8 Å². The summed E-state index contributed by atoms with van der Waals surface area (Å²) in [5.41, 5.74) is 4.21. The van der Waals surface area contributed by atoms with E-state index in [0.717, 1.165) is 21.4 Å². The summed E-state index contributed by atoms with van der Waals surface area (Å²) in [5, 5.41) is 7.43. The number of carbonyl (C=O) groups excluding carboxylic acids is 1. The lowest BCUT2D eigenvalue weighted by Crippen LogP contribution is -2.26. The van der Waals surface area contributed by atoms with Gasteiger partial charge in [-0.15, -0.1) is 0 Å². The molecule has 1 N–H and O–H groups in total. The van der Waals surface area contributed by atoms with Crippen molar-refractivity contribution in [3.8, 4) is 0 Å². The standard InChI is InChI=1S/C20H22BrN3O2/c1-12-5-7-16(8-6-12)13(2)22-20(25)18-10-9-17(26-18)11-24-15(4)19(21)14(3)23-24/h5-10,13H,11H2,1-4H3,(H,22,25)/t13-/m1/s1. The second-order valence-corrected chi connectivity index (χ2v) is 7.31. The van der Waals surface area contributed by atoms with Gasteiger partial charge in [0.25, 0.3) is 5.91 Å². The summed E-state index contributed by atoms with van der Waals surface area (Å²) in [6.45, 7) is 8.42. The summed E-state index contributed by atoms with van der Waals surface area (Å²) in [5.74, 6) is 0.773.